The first-order chi connectivity index (χ1) is 19.2. The summed E-state index contributed by atoms with van der Waals surface area (Å²) in [6, 6.07) is 8.48. The number of hydrogen-bond acceptors (Lipinski definition) is 7. The van der Waals surface area contributed by atoms with Crippen LogP contribution in [-0.2, 0) is 12.4 Å². The smallest absolute Gasteiger partial charge is 0.417 e. The largest absolute Gasteiger partial charge is 0.478 e. The van der Waals surface area contributed by atoms with Crippen LogP contribution < -0.4 is 0 Å². The van der Waals surface area contributed by atoms with Crippen LogP contribution in [0, 0.1) is 0 Å². The van der Waals surface area contributed by atoms with Gasteiger partial charge in [-0.25, -0.2) is 19.0 Å². The fourth-order valence-electron chi connectivity index (χ4n) is 3.81. The molecule has 0 aliphatic carbocycles. The van der Waals surface area contributed by atoms with E-state index >= 15 is 0 Å². The van der Waals surface area contributed by atoms with Gasteiger partial charge in [0.05, 0.1) is 55.8 Å². The van der Waals surface area contributed by atoms with Gasteiger partial charge >= 0.3 is 24.3 Å². The van der Waals surface area contributed by atoms with E-state index in [9.17, 15) is 35.9 Å². The first-order valence-corrected chi connectivity index (χ1v) is 11.9. The summed E-state index contributed by atoms with van der Waals surface area (Å²) in [5, 5.41) is 33.7. The fraction of sp³-hybridized carbons (Fsp3) is 0.0833. The molecular formula is C24H12F6N6O4S. The van der Waals surface area contributed by atoms with Gasteiger partial charge in [-0.05, 0) is 48.5 Å². The first-order valence-electron chi connectivity index (χ1n) is 11.1. The van der Waals surface area contributed by atoms with E-state index in [1.165, 1.54) is 12.4 Å². The van der Waals surface area contributed by atoms with Crippen molar-refractivity contribution in [2.75, 3.05) is 0 Å². The van der Waals surface area contributed by atoms with Crippen LogP contribution >= 0.6 is 11.3 Å². The standard InChI is InChI=1S/C24H12F6N6O4S/c25-23(26,27)15-7-11(1-3-13(15)21(37)38)35-9-17(31-33-35)19-5-6-20(41-19)18-10-36(34-32-18)12-2-4-14(22(39)40)16(8-12)24(28,29)30/h1-10H,(H,37,38)(H,39,40). The normalized spacial score (nSPS) is 12.0. The van der Waals surface area contributed by atoms with Crippen molar-refractivity contribution in [3.8, 4) is 32.5 Å². The number of benzene rings is 2. The molecule has 41 heavy (non-hydrogen) atoms. The number of aromatic carboxylic acids is 2. The molecule has 0 aliphatic rings. The highest BCUT2D eigenvalue weighted by molar-refractivity contribution is 7.18. The minimum atomic E-state index is -4.92. The molecule has 5 rings (SSSR count). The summed E-state index contributed by atoms with van der Waals surface area (Å²) in [7, 11) is 0. The lowest BCUT2D eigenvalue weighted by molar-refractivity contribution is -0.138. The van der Waals surface area contributed by atoms with Crippen molar-refractivity contribution < 1.29 is 46.1 Å². The van der Waals surface area contributed by atoms with Crippen LogP contribution in [0.2, 0.25) is 0 Å². The van der Waals surface area contributed by atoms with Gasteiger partial charge in [0.25, 0.3) is 0 Å². The van der Waals surface area contributed by atoms with Crippen LogP contribution in [-0.4, -0.2) is 52.1 Å². The maximum atomic E-state index is 13.4. The number of thiophene rings is 1. The molecule has 3 heterocycles. The summed E-state index contributed by atoms with van der Waals surface area (Å²) in [6.07, 6.45) is -7.16. The van der Waals surface area contributed by atoms with Crippen molar-refractivity contribution in [2.45, 2.75) is 12.4 Å². The highest BCUT2D eigenvalue weighted by atomic mass is 32.1. The molecule has 0 saturated heterocycles. The van der Waals surface area contributed by atoms with Gasteiger partial charge in [0.1, 0.15) is 11.4 Å². The average Bonchev–Trinajstić information content (AvgIpc) is 3.67. The summed E-state index contributed by atoms with van der Waals surface area (Å²) >= 11 is 1.14. The number of carbonyl (C=O) groups is 2. The minimum Gasteiger partial charge on any atom is -0.478 e. The van der Waals surface area contributed by atoms with Crippen LogP contribution in [0.4, 0.5) is 26.3 Å². The molecule has 0 amide bonds. The molecule has 10 nitrogen and oxygen atoms in total. The number of carboxylic acids is 2. The van der Waals surface area contributed by atoms with Crippen molar-refractivity contribution in [3.05, 3.63) is 83.2 Å². The van der Waals surface area contributed by atoms with E-state index in [1.807, 2.05) is 0 Å². The quantitative estimate of drug-likeness (QED) is 0.240. The van der Waals surface area contributed by atoms with Gasteiger partial charge in [-0.3, -0.25) is 0 Å². The summed E-state index contributed by atoms with van der Waals surface area (Å²) in [6.45, 7) is 0. The summed E-state index contributed by atoms with van der Waals surface area (Å²) in [5.41, 5.74) is -4.13. The summed E-state index contributed by atoms with van der Waals surface area (Å²) in [4.78, 5) is 23.4. The molecule has 5 aromatic rings. The highest BCUT2D eigenvalue weighted by Crippen LogP contribution is 2.36. The van der Waals surface area contributed by atoms with Gasteiger partial charge in [-0.15, -0.1) is 21.5 Å². The van der Waals surface area contributed by atoms with E-state index < -0.39 is 46.5 Å². The van der Waals surface area contributed by atoms with Crippen molar-refractivity contribution >= 4 is 23.3 Å². The summed E-state index contributed by atoms with van der Waals surface area (Å²) < 4.78 is 82.4. The Labute approximate surface area is 227 Å². The van der Waals surface area contributed by atoms with Gasteiger partial charge in [-0.1, -0.05) is 10.4 Å². The van der Waals surface area contributed by atoms with Crippen LogP contribution in [0.15, 0.2) is 60.9 Å². The number of rotatable bonds is 6. The molecule has 0 aliphatic heterocycles. The number of carboxylic acid groups (broad SMARTS) is 2. The van der Waals surface area contributed by atoms with Gasteiger partial charge in [0.15, 0.2) is 0 Å². The zero-order chi connectivity index (χ0) is 29.7. The maximum absolute atomic E-state index is 13.4. The van der Waals surface area contributed by atoms with E-state index in [4.69, 9.17) is 10.2 Å². The topological polar surface area (TPSA) is 136 Å². The summed E-state index contributed by atoms with van der Waals surface area (Å²) in [5.74, 6) is -3.46. The minimum absolute atomic E-state index is 0.0760. The molecule has 0 unspecified atom stereocenters. The van der Waals surface area contributed by atoms with E-state index in [2.05, 4.69) is 20.6 Å². The molecule has 2 N–H and O–H groups in total. The van der Waals surface area contributed by atoms with Crippen LogP contribution in [0.1, 0.15) is 31.8 Å². The third-order valence-electron chi connectivity index (χ3n) is 5.70. The van der Waals surface area contributed by atoms with Crippen LogP contribution in [0.25, 0.3) is 32.5 Å². The van der Waals surface area contributed by atoms with E-state index in [1.54, 1.807) is 12.1 Å². The molecule has 0 spiro atoms. The lowest BCUT2D eigenvalue weighted by Gasteiger charge is -2.11. The zero-order valence-electron chi connectivity index (χ0n) is 19.8. The second-order valence-electron chi connectivity index (χ2n) is 8.33. The molecular weight excluding hydrogens is 582 g/mol. The maximum Gasteiger partial charge on any atom is 0.417 e. The molecule has 0 bridgehead atoms. The molecule has 3 aromatic heterocycles. The molecule has 17 heteroatoms. The lowest BCUT2D eigenvalue weighted by atomic mass is 10.1. The van der Waals surface area contributed by atoms with Crippen molar-refractivity contribution in [1.82, 2.24) is 30.0 Å². The zero-order valence-corrected chi connectivity index (χ0v) is 20.7. The SMILES string of the molecule is O=C(O)c1ccc(-n2cc(-c3ccc(-c4cn(-c5ccc(C(=O)O)c(C(F)(F)F)c5)nn4)s3)nn2)cc1C(F)(F)F. The number of nitrogens with zero attached hydrogens (tertiary/aromatic N) is 6. The average molecular weight is 594 g/mol. The van der Waals surface area contributed by atoms with Crippen molar-refractivity contribution in [3.63, 3.8) is 0 Å². The van der Waals surface area contributed by atoms with E-state index in [0.717, 1.165) is 45.0 Å². The predicted octanol–water partition coefficient (Wildman–Crippen LogP) is 5.68. The Morgan fingerprint density at radius 1 is 0.659 bits per heavy atom. The molecule has 0 saturated carbocycles. The van der Waals surface area contributed by atoms with Gasteiger partial charge in [-0.2, -0.15) is 26.3 Å². The third-order valence-corrected chi connectivity index (χ3v) is 6.83. The van der Waals surface area contributed by atoms with E-state index in [-0.39, 0.29) is 22.8 Å². The Hall–Kier alpha value is -5.06. The first kappa shape index (κ1) is 27.5. The van der Waals surface area contributed by atoms with Crippen molar-refractivity contribution in [2.24, 2.45) is 0 Å². The van der Waals surface area contributed by atoms with Crippen molar-refractivity contribution in [1.29, 1.82) is 0 Å². The Balaban J connectivity index is 1.42. The molecule has 2 aromatic carbocycles. The Morgan fingerprint density at radius 3 is 1.39 bits per heavy atom. The molecule has 0 radical (unpaired) electrons. The molecule has 0 fully saturated rings. The second kappa shape index (κ2) is 9.84. The Morgan fingerprint density at radius 2 is 1.05 bits per heavy atom. The Bertz CT molecular complexity index is 1680. The number of halogens is 6. The predicted molar refractivity (Wildman–Crippen MR) is 129 cm³/mol. The molecule has 0 atom stereocenters. The Kier molecular flexibility index (Phi) is 6.60. The van der Waals surface area contributed by atoms with Crippen LogP contribution in [0.3, 0.4) is 0 Å². The lowest BCUT2D eigenvalue weighted by Crippen LogP contribution is -2.14. The van der Waals surface area contributed by atoms with Gasteiger partial charge < -0.3 is 10.2 Å². The van der Waals surface area contributed by atoms with E-state index in [0.29, 0.717) is 21.9 Å². The number of alkyl halides is 6. The highest BCUT2D eigenvalue weighted by Gasteiger charge is 2.37. The van der Waals surface area contributed by atoms with Crippen LogP contribution in [0.5, 0.6) is 0 Å². The monoisotopic (exact) mass is 594 g/mol. The number of hydrogen-bond donors (Lipinski definition) is 2. The van der Waals surface area contributed by atoms with Gasteiger partial charge in [0.2, 0.25) is 0 Å². The van der Waals surface area contributed by atoms with Gasteiger partial charge in [0, 0.05) is 0 Å². The fourth-order valence-corrected chi connectivity index (χ4v) is 4.72. The second-order valence-corrected chi connectivity index (χ2v) is 9.41. The molecule has 210 valence electrons. The third kappa shape index (κ3) is 5.38. The number of aromatic nitrogens is 6.